The van der Waals surface area contributed by atoms with Crippen LogP contribution in [0.15, 0.2) is 146 Å². The van der Waals surface area contributed by atoms with Gasteiger partial charge in [0.2, 0.25) is 0 Å². The predicted octanol–water partition coefficient (Wildman–Crippen LogP) is 15.2. The normalized spacial score (nSPS) is 13.8. The van der Waals surface area contributed by atoms with E-state index in [-0.39, 0.29) is 19.2 Å². The Kier molecular flexibility index (Phi) is 45.3. The zero-order valence-corrected chi connectivity index (χ0v) is 36.3. The van der Waals surface area contributed by atoms with Crippen molar-refractivity contribution in [2.75, 3.05) is 19.8 Å². The van der Waals surface area contributed by atoms with Gasteiger partial charge in [0.05, 0.1) is 13.2 Å². The Morgan fingerprint density at radius 2 is 0.737 bits per heavy atom. The molecule has 0 aromatic heterocycles. The molecule has 4 nitrogen and oxygen atoms in total. The van der Waals surface area contributed by atoms with Crippen LogP contribution in [0.25, 0.3) is 0 Å². The topological polar surface area (TPSA) is 55.8 Å². The number of hydrogen-bond donors (Lipinski definition) is 1. The van der Waals surface area contributed by atoms with E-state index in [9.17, 15) is 9.90 Å². The third kappa shape index (κ3) is 46.5. The fraction of sp³-hybridized carbons (Fsp3) is 0.528. The van der Waals surface area contributed by atoms with Gasteiger partial charge in [-0.25, -0.2) is 0 Å². The summed E-state index contributed by atoms with van der Waals surface area (Å²) < 4.78 is 11.1. The minimum absolute atomic E-state index is 0.208. The lowest BCUT2D eigenvalue weighted by Crippen LogP contribution is -2.27. The molecule has 0 rings (SSSR count). The largest absolute Gasteiger partial charge is 0.457 e. The lowest BCUT2D eigenvalue weighted by molar-refractivity contribution is -0.154. The number of ether oxygens (including phenoxy) is 2. The van der Waals surface area contributed by atoms with Crippen molar-refractivity contribution in [1.29, 1.82) is 0 Å². The fourth-order valence-electron chi connectivity index (χ4n) is 5.39. The van der Waals surface area contributed by atoms with Crippen LogP contribution in [0.1, 0.15) is 155 Å². The molecule has 0 saturated carbocycles. The third-order valence-electron chi connectivity index (χ3n) is 8.66. The number of unbranched alkanes of at least 4 members (excludes halogenated alkanes) is 7. The molecular formula is C53H82O4. The average molecular weight is 783 g/mol. The summed E-state index contributed by atoms with van der Waals surface area (Å²) in [6.07, 6.45) is 74.8. The molecule has 0 aliphatic heterocycles. The smallest absolute Gasteiger partial charge is 0.306 e. The van der Waals surface area contributed by atoms with Crippen molar-refractivity contribution in [2.45, 2.75) is 161 Å². The van der Waals surface area contributed by atoms with Crippen LogP contribution < -0.4 is 0 Å². The highest BCUT2D eigenvalue weighted by molar-refractivity contribution is 5.69. The van der Waals surface area contributed by atoms with Crippen molar-refractivity contribution in [1.82, 2.24) is 0 Å². The van der Waals surface area contributed by atoms with Crippen LogP contribution in [-0.2, 0) is 14.3 Å². The van der Waals surface area contributed by atoms with Gasteiger partial charge in [0.1, 0.15) is 6.10 Å². The molecule has 0 aromatic carbocycles. The molecule has 0 heterocycles. The molecule has 0 saturated heterocycles. The van der Waals surface area contributed by atoms with Gasteiger partial charge in [-0.3, -0.25) is 4.79 Å². The number of carbonyl (C=O) groups excluding carboxylic acids is 1. The molecule has 318 valence electrons. The van der Waals surface area contributed by atoms with Crippen LogP contribution in [0.3, 0.4) is 0 Å². The van der Waals surface area contributed by atoms with Crippen LogP contribution >= 0.6 is 0 Å². The molecule has 0 aliphatic rings. The van der Waals surface area contributed by atoms with E-state index in [0.29, 0.717) is 13.0 Å². The zero-order chi connectivity index (χ0) is 41.2. The van der Waals surface area contributed by atoms with Gasteiger partial charge < -0.3 is 14.6 Å². The first-order chi connectivity index (χ1) is 28.2. The van der Waals surface area contributed by atoms with Gasteiger partial charge in [-0.15, -0.1) is 0 Å². The van der Waals surface area contributed by atoms with Gasteiger partial charge in [-0.05, 0) is 116 Å². The maximum Gasteiger partial charge on any atom is 0.306 e. The molecule has 1 unspecified atom stereocenters. The standard InChI is InChI=1S/C53H82O4/c1-3-5-7-9-11-13-15-17-19-21-23-25-26-27-28-29-30-32-34-36-38-40-42-44-46-48-53(55)57-52(50-54)51-56-49-47-45-43-41-39-37-35-33-31-24-22-20-18-16-14-12-10-8-6-4-2/h5-8,11-14,17-20,23-25,27-28,30-32,35-38,52,54H,3-4,9-10,15-16,21-22,26,29,33-34,39-51H2,1-2H3/b7-5-,8-6-,13-11-,14-12-,19-17-,20-18-,25-23-,28-27-,31-24-,32-30-,37-35-,38-36-. The molecule has 57 heavy (non-hydrogen) atoms. The van der Waals surface area contributed by atoms with Crippen LogP contribution in [-0.4, -0.2) is 37.0 Å². The van der Waals surface area contributed by atoms with Crippen molar-refractivity contribution in [3.8, 4) is 0 Å². The lowest BCUT2D eigenvalue weighted by atomic mass is 10.1. The van der Waals surface area contributed by atoms with E-state index in [2.05, 4.69) is 160 Å². The summed E-state index contributed by atoms with van der Waals surface area (Å²) in [4.78, 5) is 12.2. The molecule has 1 N–H and O–H groups in total. The Bertz CT molecular complexity index is 1230. The van der Waals surface area contributed by atoms with Crippen molar-refractivity contribution >= 4 is 5.97 Å². The molecule has 0 radical (unpaired) electrons. The number of aliphatic hydroxyl groups is 1. The van der Waals surface area contributed by atoms with E-state index >= 15 is 0 Å². The molecule has 0 aromatic rings. The molecule has 0 spiro atoms. The highest BCUT2D eigenvalue weighted by Crippen LogP contribution is 2.08. The molecule has 4 heteroatoms. The minimum Gasteiger partial charge on any atom is -0.457 e. The first-order valence-electron chi connectivity index (χ1n) is 22.4. The summed E-state index contributed by atoms with van der Waals surface area (Å²) in [6.45, 7) is 4.99. The number of rotatable bonds is 39. The summed E-state index contributed by atoms with van der Waals surface area (Å²) in [6, 6.07) is 0. The lowest BCUT2D eigenvalue weighted by Gasteiger charge is -2.15. The monoisotopic (exact) mass is 783 g/mol. The quantitative estimate of drug-likeness (QED) is 0.0383. The number of aliphatic hydroxyl groups excluding tert-OH is 1. The number of allylic oxidation sites excluding steroid dienone is 24. The van der Waals surface area contributed by atoms with Crippen LogP contribution in [0, 0.1) is 0 Å². The Labute approximate surface area is 351 Å². The zero-order valence-electron chi connectivity index (χ0n) is 36.3. The number of hydrogen-bond acceptors (Lipinski definition) is 4. The summed E-state index contributed by atoms with van der Waals surface area (Å²) in [7, 11) is 0. The van der Waals surface area contributed by atoms with Gasteiger partial charge in [0, 0.05) is 13.0 Å². The first-order valence-corrected chi connectivity index (χ1v) is 22.4. The summed E-state index contributed by atoms with van der Waals surface area (Å²) in [5.74, 6) is -0.249. The summed E-state index contributed by atoms with van der Waals surface area (Å²) in [5.41, 5.74) is 0. The van der Waals surface area contributed by atoms with Crippen LogP contribution in [0.4, 0.5) is 0 Å². The van der Waals surface area contributed by atoms with E-state index < -0.39 is 6.10 Å². The van der Waals surface area contributed by atoms with Gasteiger partial charge in [0.15, 0.2) is 0 Å². The van der Waals surface area contributed by atoms with Crippen molar-refractivity contribution in [2.24, 2.45) is 0 Å². The Balaban J connectivity index is 3.65. The van der Waals surface area contributed by atoms with E-state index in [0.717, 1.165) is 122 Å². The Morgan fingerprint density at radius 3 is 1.09 bits per heavy atom. The van der Waals surface area contributed by atoms with Gasteiger partial charge in [-0.2, -0.15) is 0 Å². The first kappa shape index (κ1) is 53.3. The van der Waals surface area contributed by atoms with E-state index in [1.54, 1.807) is 0 Å². The van der Waals surface area contributed by atoms with E-state index in [4.69, 9.17) is 9.47 Å². The van der Waals surface area contributed by atoms with Gasteiger partial charge in [-0.1, -0.05) is 179 Å². The predicted molar refractivity (Wildman–Crippen MR) is 250 cm³/mol. The molecule has 0 amide bonds. The molecule has 1 atom stereocenters. The third-order valence-corrected chi connectivity index (χ3v) is 8.66. The van der Waals surface area contributed by atoms with Crippen molar-refractivity contribution < 1.29 is 19.4 Å². The number of carbonyl (C=O) groups is 1. The molecule has 0 aliphatic carbocycles. The van der Waals surface area contributed by atoms with Crippen LogP contribution in [0.5, 0.6) is 0 Å². The molecule has 0 fully saturated rings. The summed E-state index contributed by atoms with van der Waals surface area (Å²) >= 11 is 0. The highest BCUT2D eigenvalue weighted by Gasteiger charge is 2.13. The van der Waals surface area contributed by atoms with Gasteiger partial charge in [0.25, 0.3) is 0 Å². The maximum absolute atomic E-state index is 12.2. The highest BCUT2D eigenvalue weighted by atomic mass is 16.6. The second-order valence-electron chi connectivity index (χ2n) is 14.0. The van der Waals surface area contributed by atoms with Crippen molar-refractivity contribution in [3.05, 3.63) is 146 Å². The molecule has 0 bridgehead atoms. The number of esters is 1. The average Bonchev–Trinajstić information content (AvgIpc) is 3.22. The SMILES string of the molecule is CC/C=C\C/C=C\C/C=C\C/C=C\C/C=C\C/C=C\C/C=C\CCCCCC(=O)OC(CO)COCCCCCC/C=C\C/C=C\C/C=C\C/C=C\C/C=C\CC. The molecular weight excluding hydrogens is 701 g/mol. The second kappa shape index (κ2) is 48.4. The minimum atomic E-state index is -0.579. The fourth-order valence-corrected chi connectivity index (χ4v) is 5.39. The van der Waals surface area contributed by atoms with Crippen LogP contribution in [0.2, 0.25) is 0 Å². The summed E-state index contributed by atoms with van der Waals surface area (Å²) in [5, 5.41) is 9.62. The van der Waals surface area contributed by atoms with Gasteiger partial charge >= 0.3 is 5.97 Å². The van der Waals surface area contributed by atoms with E-state index in [1.807, 2.05) is 0 Å². The van der Waals surface area contributed by atoms with Crippen molar-refractivity contribution in [3.63, 3.8) is 0 Å². The Hall–Kier alpha value is -3.73. The van der Waals surface area contributed by atoms with E-state index in [1.165, 1.54) is 12.8 Å². The maximum atomic E-state index is 12.2. The second-order valence-corrected chi connectivity index (χ2v) is 14.0. The Morgan fingerprint density at radius 1 is 0.421 bits per heavy atom.